The van der Waals surface area contributed by atoms with Gasteiger partial charge in [0.1, 0.15) is 0 Å². The van der Waals surface area contributed by atoms with E-state index in [1.165, 1.54) is 5.56 Å². The summed E-state index contributed by atoms with van der Waals surface area (Å²) in [7, 11) is 0. The second kappa shape index (κ2) is 5.78. The van der Waals surface area contributed by atoms with Gasteiger partial charge in [0, 0.05) is 19.5 Å². The van der Waals surface area contributed by atoms with Gasteiger partial charge in [-0.15, -0.1) is 0 Å². The van der Waals surface area contributed by atoms with Crippen LogP contribution < -0.4 is 5.73 Å². The summed E-state index contributed by atoms with van der Waals surface area (Å²) in [6.45, 7) is 4.98. The van der Waals surface area contributed by atoms with E-state index in [0.29, 0.717) is 6.42 Å². The number of thiophene rings is 1. The number of nitrogens with one attached hydrogen (secondary N) is 1. The van der Waals surface area contributed by atoms with Gasteiger partial charge < -0.3 is 5.73 Å². The maximum absolute atomic E-state index is 7.17. The van der Waals surface area contributed by atoms with Crippen LogP contribution in [0.1, 0.15) is 18.9 Å². The van der Waals surface area contributed by atoms with Crippen molar-refractivity contribution in [3.63, 3.8) is 0 Å². The van der Waals surface area contributed by atoms with Crippen molar-refractivity contribution in [2.45, 2.75) is 19.9 Å². The summed E-state index contributed by atoms with van der Waals surface area (Å²) < 4.78 is 0. The summed E-state index contributed by atoms with van der Waals surface area (Å²) in [5.41, 5.74) is 6.68. The van der Waals surface area contributed by atoms with Crippen molar-refractivity contribution < 1.29 is 0 Å². The Morgan fingerprint density at radius 2 is 2.43 bits per heavy atom. The molecule has 0 spiro atoms. The summed E-state index contributed by atoms with van der Waals surface area (Å²) in [6.07, 6.45) is 0.665. The molecule has 1 aromatic heterocycles. The highest BCUT2D eigenvalue weighted by atomic mass is 32.1. The summed E-state index contributed by atoms with van der Waals surface area (Å²) >= 11 is 1.72. The molecule has 14 heavy (non-hydrogen) atoms. The monoisotopic (exact) mass is 211 g/mol. The fourth-order valence-electron chi connectivity index (χ4n) is 1.27. The summed E-state index contributed by atoms with van der Waals surface area (Å²) in [5, 5.41) is 11.4. The van der Waals surface area contributed by atoms with Crippen LogP contribution in [-0.2, 0) is 6.54 Å². The van der Waals surface area contributed by atoms with Crippen molar-refractivity contribution in [3.8, 4) is 0 Å². The average molecular weight is 211 g/mol. The third-order valence-corrected chi connectivity index (χ3v) is 2.86. The second-order valence-electron chi connectivity index (χ2n) is 3.28. The molecule has 0 fully saturated rings. The highest BCUT2D eigenvalue weighted by molar-refractivity contribution is 7.07. The third-order valence-electron chi connectivity index (χ3n) is 2.13. The fraction of sp³-hybridized carbons (Fsp3) is 0.500. The van der Waals surface area contributed by atoms with Crippen molar-refractivity contribution in [1.29, 1.82) is 5.41 Å². The second-order valence-corrected chi connectivity index (χ2v) is 4.06. The fourth-order valence-corrected chi connectivity index (χ4v) is 1.93. The molecule has 1 rings (SSSR count). The molecular formula is C10H17N3S. The van der Waals surface area contributed by atoms with E-state index in [0.717, 1.165) is 19.6 Å². The normalized spacial score (nSPS) is 10.7. The van der Waals surface area contributed by atoms with E-state index in [4.69, 9.17) is 11.1 Å². The van der Waals surface area contributed by atoms with Crippen molar-refractivity contribution in [3.05, 3.63) is 22.4 Å². The Balaban J connectivity index is 2.35. The molecule has 3 N–H and O–H groups in total. The molecule has 0 aliphatic carbocycles. The molecule has 0 bridgehead atoms. The molecule has 0 aromatic carbocycles. The number of amidine groups is 1. The Labute approximate surface area is 89.0 Å². The first-order valence-electron chi connectivity index (χ1n) is 4.78. The lowest BCUT2D eigenvalue weighted by molar-refractivity contribution is 0.288. The molecule has 0 saturated heterocycles. The van der Waals surface area contributed by atoms with E-state index < -0.39 is 0 Å². The van der Waals surface area contributed by atoms with Crippen LogP contribution in [0.15, 0.2) is 16.8 Å². The largest absolute Gasteiger partial charge is 0.388 e. The molecule has 4 heteroatoms. The maximum Gasteiger partial charge on any atom is 0.0918 e. The van der Waals surface area contributed by atoms with Crippen LogP contribution in [0.2, 0.25) is 0 Å². The first kappa shape index (κ1) is 11.2. The number of rotatable bonds is 6. The maximum atomic E-state index is 7.17. The summed E-state index contributed by atoms with van der Waals surface area (Å²) in [4.78, 5) is 2.30. The average Bonchev–Trinajstić information content (AvgIpc) is 2.64. The lowest BCUT2D eigenvalue weighted by Crippen LogP contribution is -2.27. The Kier molecular flexibility index (Phi) is 4.62. The Morgan fingerprint density at radius 3 is 2.93 bits per heavy atom. The molecule has 1 aromatic rings. The van der Waals surface area contributed by atoms with Crippen LogP contribution in [0.25, 0.3) is 0 Å². The molecular weight excluding hydrogens is 194 g/mol. The minimum absolute atomic E-state index is 0.272. The van der Waals surface area contributed by atoms with Crippen LogP contribution >= 0.6 is 11.3 Å². The Hall–Kier alpha value is -0.870. The van der Waals surface area contributed by atoms with Gasteiger partial charge in [0.15, 0.2) is 0 Å². The van der Waals surface area contributed by atoms with Crippen LogP contribution in [0, 0.1) is 5.41 Å². The van der Waals surface area contributed by atoms with E-state index >= 15 is 0 Å². The van der Waals surface area contributed by atoms with Crippen molar-refractivity contribution in [2.24, 2.45) is 5.73 Å². The predicted octanol–water partition coefficient (Wildman–Crippen LogP) is 1.90. The minimum Gasteiger partial charge on any atom is -0.388 e. The van der Waals surface area contributed by atoms with Crippen molar-refractivity contribution in [2.75, 3.05) is 13.1 Å². The smallest absolute Gasteiger partial charge is 0.0918 e. The van der Waals surface area contributed by atoms with Crippen LogP contribution in [0.3, 0.4) is 0 Å². The first-order chi connectivity index (χ1) is 6.72. The number of nitrogens with two attached hydrogens (primary N) is 1. The molecule has 0 aliphatic rings. The topological polar surface area (TPSA) is 53.1 Å². The molecule has 78 valence electrons. The lowest BCUT2D eigenvalue weighted by Gasteiger charge is -2.19. The van der Waals surface area contributed by atoms with Gasteiger partial charge in [-0.3, -0.25) is 10.3 Å². The van der Waals surface area contributed by atoms with Gasteiger partial charge in [-0.05, 0) is 28.9 Å². The van der Waals surface area contributed by atoms with E-state index in [1.807, 2.05) is 0 Å². The number of hydrogen-bond acceptors (Lipinski definition) is 3. The summed E-state index contributed by atoms with van der Waals surface area (Å²) in [5.74, 6) is 0.272. The standard InChI is InChI=1S/C10H17N3S/c1-2-13(5-3-10(11)12)7-9-4-6-14-8-9/h4,6,8H,2-3,5,7H2,1H3,(H3,11,12). The predicted molar refractivity (Wildman–Crippen MR) is 61.8 cm³/mol. The zero-order valence-electron chi connectivity index (χ0n) is 8.49. The lowest BCUT2D eigenvalue weighted by atomic mass is 10.3. The number of hydrogen-bond donors (Lipinski definition) is 2. The quantitative estimate of drug-likeness (QED) is 0.558. The van der Waals surface area contributed by atoms with E-state index in [9.17, 15) is 0 Å². The SMILES string of the molecule is CCN(CCC(=N)N)Cc1ccsc1. The molecule has 0 aliphatic heterocycles. The Bertz CT molecular complexity index is 269. The van der Waals surface area contributed by atoms with Gasteiger partial charge in [-0.1, -0.05) is 6.92 Å². The highest BCUT2D eigenvalue weighted by Crippen LogP contribution is 2.09. The van der Waals surface area contributed by atoms with Crippen molar-refractivity contribution in [1.82, 2.24) is 4.90 Å². The Morgan fingerprint density at radius 1 is 1.64 bits per heavy atom. The van der Waals surface area contributed by atoms with Gasteiger partial charge in [0.25, 0.3) is 0 Å². The molecule has 0 unspecified atom stereocenters. The van der Waals surface area contributed by atoms with E-state index in [-0.39, 0.29) is 5.84 Å². The molecule has 0 saturated carbocycles. The molecule has 1 heterocycles. The summed E-state index contributed by atoms with van der Waals surface area (Å²) in [6, 6.07) is 2.14. The van der Waals surface area contributed by atoms with Crippen LogP contribution in [0.5, 0.6) is 0 Å². The minimum atomic E-state index is 0.272. The molecule has 3 nitrogen and oxygen atoms in total. The van der Waals surface area contributed by atoms with Crippen molar-refractivity contribution >= 4 is 17.2 Å². The van der Waals surface area contributed by atoms with Gasteiger partial charge >= 0.3 is 0 Å². The molecule has 0 amide bonds. The van der Waals surface area contributed by atoms with E-state index in [2.05, 4.69) is 28.7 Å². The van der Waals surface area contributed by atoms with Crippen LogP contribution in [0.4, 0.5) is 0 Å². The van der Waals surface area contributed by atoms with Crippen LogP contribution in [-0.4, -0.2) is 23.8 Å². The van der Waals surface area contributed by atoms with Gasteiger partial charge in [0.2, 0.25) is 0 Å². The zero-order chi connectivity index (χ0) is 10.4. The van der Waals surface area contributed by atoms with Gasteiger partial charge in [-0.25, -0.2) is 0 Å². The third kappa shape index (κ3) is 3.89. The van der Waals surface area contributed by atoms with Gasteiger partial charge in [0.05, 0.1) is 5.84 Å². The first-order valence-corrected chi connectivity index (χ1v) is 5.73. The zero-order valence-corrected chi connectivity index (χ0v) is 9.31. The molecule has 0 radical (unpaired) electrons. The van der Waals surface area contributed by atoms with Gasteiger partial charge in [-0.2, -0.15) is 11.3 Å². The highest BCUT2D eigenvalue weighted by Gasteiger charge is 2.04. The number of nitrogens with zero attached hydrogens (tertiary/aromatic N) is 1. The van der Waals surface area contributed by atoms with E-state index in [1.54, 1.807) is 11.3 Å². The molecule has 0 atom stereocenters.